The summed E-state index contributed by atoms with van der Waals surface area (Å²) < 4.78 is 0. The molecule has 2 heterocycles. The maximum atomic E-state index is 12.0. The lowest BCUT2D eigenvalue weighted by molar-refractivity contribution is -0.117. The van der Waals surface area contributed by atoms with Gasteiger partial charge in [0.1, 0.15) is 0 Å². The lowest BCUT2D eigenvalue weighted by Crippen LogP contribution is -2.20. The largest absolute Gasteiger partial charge is 0.366 e. The maximum absolute atomic E-state index is 12.0. The van der Waals surface area contributed by atoms with E-state index in [2.05, 4.69) is 32.0 Å². The first-order valence-corrected chi connectivity index (χ1v) is 11.3. The van der Waals surface area contributed by atoms with Crippen LogP contribution < -0.4 is 5.73 Å². The number of halogens is 1. The zero-order chi connectivity index (χ0) is 24.5. The van der Waals surface area contributed by atoms with E-state index in [0.29, 0.717) is 18.7 Å². The number of likely N-dealkylation sites (tertiary alicyclic amines) is 1. The van der Waals surface area contributed by atoms with E-state index in [1.807, 2.05) is 43.3 Å². The van der Waals surface area contributed by atoms with Crippen LogP contribution in [0.25, 0.3) is 5.57 Å². The van der Waals surface area contributed by atoms with Gasteiger partial charge in [-0.25, -0.2) is 0 Å². The van der Waals surface area contributed by atoms with Crippen LogP contribution in [0.2, 0.25) is 5.02 Å². The molecule has 1 aliphatic rings. The number of allylic oxidation sites excluding steroid dienone is 4. The molecule has 1 saturated heterocycles. The zero-order valence-corrected chi connectivity index (χ0v) is 20.3. The maximum Gasteiger partial charge on any atom is 0.249 e. The summed E-state index contributed by atoms with van der Waals surface area (Å²) in [6.07, 6.45) is 7.05. The number of amides is 2. The van der Waals surface area contributed by atoms with Crippen LogP contribution in [0, 0.1) is 12.8 Å². The fourth-order valence-electron chi connectivity index (χ4n) is 3.71. The molecule has 174 valence electrons. The predicted molar refractivity (Wildman–Crippen MR) is 136 cm³/mol. The van der Waals surface area contributed by atoms with Crippen molar-refractivity contribution in [3.8, 4) is 0 Å². The molecule has 1 fully saturated rings. The van der Waals surface area contributed by atoms with Gasteiger partial charge in [-0.3, -0.25) is 14.6 Å². The number of benzene rings is 1. The Morgan fingerprint density at radius 1 is 1.33 bits per heavy atom. The van der Waals surface area contributed by atoms with Gasteiger partial charge in [0.05, 0.1) is 10.7 Å². The molecule has 0 saturated carbocycles. The number of aromatic nitrogens is 1. The number of carbonyl (C=O) groups excluding carboxylic acids is 2. The van der Waals surface area contributed by atoms with Crippen molar-refractivity contribution >= 4 is 29.5 Å². The Hall–Kier alpha value is -3.18. The molecule has 0 bridgehead atoms. The van der Waals surface area contributed by atoms with Gasteiger partial charge < -0.3 is 10.6 Å². The summed E-state index contributed by atoms with van der Waals surface area (Å²) in [7, 11) is 0. The molecule has 33 heavy (non-hydrogen) atoms. The van der Waals surface area contributed by atoms with Crippen molar-refractivity contribution in [1.29, 1.82) is 0 Å². The van der Waals surface area contributed by atoms with Crippen LogP contribution in [0.4, 0.5) is 0 Å². The van der Waals surface area contributed by atoms with Gasteiger partial charge in [-0.15, -0.1) is 0 Å². The van der Waals surface area contributed by atoms with Crippen molar-refractivity contribution in [2.75, 3.05) is 13.1 Å². The van der Waals surface area contributed by atoms with Crippen molar-refractivity contribution in [1.82, 2.24) is 9.88 Å². The third-order valence-electron chi connectivity index (χ3n) is 5.71. The molecule has 3 rings (SSSR count). The monoisotopic (exact) mass is 465 g/mol. The SMILES string of the molecule is C=C/C=C(\C(=C)C(C)C)c1ccc(C2CCN(C=O)C2)c(C(N)=O)c1.Cc1ncccc1Cl. The fourth-order valence-corrected chi connectivity index (χ4v) is 3.83. The van der Waals surface area contributed by atoms with Crippen LogP contribution in [-0.2, 0) is 4.79 Å². The number of hydrogen-bond donors (Lipinski definition) is 1. The number of primary amides is 1. The van der Waals surface area contributed by atoms with Crippen molar-refractivity contribution < 1.29 is 9.59 Å². The first-order chi connectivity index (χ1) is 15.7. The van der Waals surface area contributed by atoms with Crippen LogP contribution in [0.3, 0.4) is 0 Å². The van der Waals surface area contributed by atoms with Crippen LogP contribution >= 0.6 is 11.6 Å². The van der Waals surface area contributed by atoms with Gasteiger partial charge in [0.25, 0.3) is 0 Å². The summed E-state index contributed by atoms with van der Waals surface area (Å²) in [6.45, 7) is 15.3. The van der Waals surface area contributed by atoms with Crippen molar-refractivity contribution in [3.63, 3.8) is 0 Å². The minimum atomic E-state index is -0.450. The Morgan fingerprint density at radius 3 is 2.55 bits per heavy atom. The second kappa shape index (κ2) is 12.2. The lowest BCUT2D eigenvalue weighted by atomic mass is 9.86. The smallest absolute Gasteiger partial charge is 0.249 e. The molecule has 2 N–H and O–H groups in total. The third-order valence-corrected chi connectivity index (χ3v) is 6.11. The molecular formula is C27H32ClN3O2. The lowest BCUT2D eigenvalue weighted by Gasteiger charge is -2.18. The molecule has 0 spiro atoms. The average Bonchev–Trinajstić information content (AvgIpc) is 3.28. The number of nitrogens with zero attached hydrogens (tertiary/aromatic N) is 2. The van der Waals surface area contributed by atoms with Gasteiger partial charge >= 0.3 is 0 Å². The van der Waals surface area contributed by atoms with E-state index in [9.17, 15) is 9.59 Å². The highest BCUT2D eigenvalue weighted by atomic mass is 35.5. The second-order valence-corrected chi connectivity index (χ2v) is 8.73. The number of rotatable bonds is 7. The van der Waals surface area contributed by atoms with E-state index < -0.39 is 5.91 Å². The normalized spacial score (nSPS) is 15.6. The summed E-state index contributed by atoms with van der Waals surface area (Å²) in [5.41, 5.74) is 10.8. The van der Waals surface area contributed by atoms with Gasteiger partial charge in [0, 0.05) is 30.8 Å². The summed E-state index contributed by atoms with van der Waals surface area (Å²) in [6, 6.07) is 9.43. The molecule has 0 radical (unpaired) electrons. The Bertz CT molecular complexity index is 1040. The van der Waals surface area contributed by atoms with E-state index in [1.165, 1.54) is 0 Å². The van der Waals surface area contributed by atoms with E-state index in [0.717, 1.165) is 45.8 Å². The van der Waals surface area contributed by atoms with E-state index in [4.69, 9.17) is 17.3 Å². The van der Waals surface area contributed by atoms with Crippen LogP contribution in [0.1, 0.15) is 53.4 Å². The summed E-state index contributed by atoms with van der Waals surface area (Å²) in [5.74, 6) is -0.0321. The molecule has 2 aromatic rings. The molecule has 2 amide bonds. The summed E-state index contributed by atoms with van der Waals surface area (Å²) in [5, 5.41) is 0.729. The molecule has 1 atom stereocenters. The molecular weight excluding hydrogens is 434 g/mol. The molecule has 1 aliphatic heterocycles. The number of aryl methyl sites for hydroxylation is 1. The Labute approximate surface area is 201 Å². The Morgan fingerprint density at radius 2 is 2.06 bits per heavy atom. The Balaban J connectivity index is 0.000000405. The highest BCUT2D eigenvalue weighted by Crippen LogP contribution is 2.33. The van der Waals surface area contributed by atoms with E-state index in [-0.39, 0.29) is 11.8 Å². The highest BCUT2D eigenvalue weighted by Gasteiger charge is 2.26. The number of nitrogens with two attached hydrogens (primary N) is 1. The molecule has 6 heteroatoms. The van der Waals surface area contributed by atoms with Gasteiger partial charge in [-0.1, -0.05) is 62.9 Å². The van der Waals surface area contributed by atoms with Crippen LogP contribution in [0.15, 0.2) is 67.4 Å². The topological polar surface area (TPSA) is 76.3 Å². The quantitative estimate of drug-likeness (QED) is 0.429. The number of hydrogen-bond acceptors (Lipinski definition) is 3. The molecule has 0 aliphatic carbocycles. The zero-order valence-electron chi connectivity index (χ0n) is 19.6. The molecule has 5 nitrogen and oxygen atoms in total. The number of pyridine rings is 1. The standard InChI is InChI=1S/C21H26N2O2.C6H6ClN/c1-5-6-18(15(4)14(2)3)16-7-8-19(20(11-16)21(22)25)17-9-10-23(12-17)13-24;1-5-6(7)3-2-4-8-5/h5-8,11,13-14,17H,1,4,9-10,12H2,2-3H3,(H2,22,25);2-4H,1H3/b18-6+;. The van der Waals surface area contributed by atoms with Gasteiger partial charge in [-0.05, 0) is 59.7 Å². The van der Waals surface area contributed by atoms with Crippen molar-refractivity contribution in [3.05, 3.63) is 94.8 Å². The first-order valence-electron chi connectivity index (χ1n) is 10.9. The summed E-state index contributed by atoms with van der Waals surface area (Å²) in [4.78, 5) is 28.7. The van der Waals surface area contributed by atoms with Gasteiger partial charge in [0.15, 0.2) is 0 Å². The van der Waals surface area contributed by atoms with Crippen molar-refractivity contribution in [2.45, 2.75) is 33.1 Å². The van der Waals surface area contributed by atoms with E-state index in [1.54, 1.807) is 17.2 Å². The van der Waals surface area contributed by atoms with Crippen LogP contribution in [-0.4, -0.2) is 35.3 Å². The highest BCUT2D eigenvalue weighted by molar-refractivity contribution is 6.31. The van der Waals surface area contributed by atoms with Crippen LogP contribution in [0.5, 0.6) is 0 Å². The van der Waals surface area contributed by atoms with Gasteiger partial charge in [-0.2, -0.15) is 0 Å². The first kappa shape index (κ1) is 26.1. The predicted octanol–water partition coefficient (Wildman–Crippen LogP) is 5.56. The molecule has 1 aromatic carbocycles. The van der Waals surface area contributed by atoms with E-state index >= 15 is 0 Å². The summed E-state index contributed by atoms with van der Waals surface area (Å²) >= 11 is 5.65. The average molecular weight is 466 g/mol. The fraction of sp³-hybridized carbons (Fsp3) is 0.296. The number of carbonyl (C=O) groups is 2. The molecule has 1 unspecified atom stereocenters. The van der Waals surface area contributed by atoms with Crippen molar-refractivity contribution in [2.24, 2.45) is 11.7 Å². The van der Waals surface area contributed by atoms with Gasteiger partial charge in [0.2, 0.25) is 12.3 Å². The minimum Gasteiger partial charge on any atom is -0.366 e. The molecule has 1 aromatic heterocycles. The second-order valence-electron chi connectivity index (χ2n) is 8.32. The Kier molecular flexibility index (Phi) is 9.61. The third kappa shape index (κ3) is 6.90. The minimum absolute atomic E-state index is 0.141.